The van der Waals surface area contributed by atoms with E-state index in [1.807, 2.05) is 0 Å². The Labute approximate surface area is 108 Å². The summed E-state index contributed by atoms with van der Waals surface area (Å²) in [5.41, 5.74) is 1.09. The van der Waals surface area contributed by atoms with Gasteiger partial charge in [0.2, 0.25) is 0 Å². The van der Waals surface area contributed by atoms with Crippen LogP contribution in [0.3, 0.4) is 0 Å². The van der Waals surface area contributed by atoms with Crippen molar-refractivity contribution in [3.05, 3.63) is 0 Å². The molecule has 0 amide bonds. The van der Waals surface area contributed by atoms with Gasteiger partial charge in [-0.25, -0.2) is 0 Å². The van der Waals surface area contributed by atoms with Gasteiger partial charge in [-0.2, -0.15) is 0 Å². The molecule has 100 valence electrons. The van der Waals surface area contributed by atoms with Gasteiger partial charge in [0, 0.05) is 12.6 Å². The summed E-state index contributed by atoms with van der Waals surface area (Å²) in [6.45, 7) is 14.9. The summed E-state index contributed by atoms with van der Waals surface area (Å²) in [5, 5.41) is 0. The first-order chi connectivity index (χ1) is 7.80. The van der Waals surface area contributed by atoms with Crippen molar-refractivity contribution in [1.82, 2.24) is 4.90 Å². The Kier molecular flexibility index (Phi) is 3.60. The van der Waals surface area contributed by atoms with E-state index in [4.69, 9.17) is 0 Å². The predicted octanol–water partition coefficient (Wildman–Crippen LogP) is 4.32. The molecule has 1 saturated carbocycles. The molecule has 2 fully saturated rings. The van der Waals surface area contributed by atoms with Crippen molar-refractivity contribution in [2.75, 3.05) is 13.1 Å². The maximum Gasteiger partial charge on any atom is 0.0101 e. The second-order valence-electron chi connectivity index (χ2n) is 8.06. The lowest BCUT2D eigenvalue weighted by molar-refractivity contribution is 0.0134. The van der Waals surface area contributed by atoms with E-state index in [0.717, 1.165) is 12.0 Å². The topological polar surface area (TPSA) is 3.24 Å². The van der Waals surface area contributed by atoms with Crippen molar-refractivity contribution in [1.29, 1.82) is 0 Å². The zero-order valence-corrected chi connectivity index (χ0v) is 12.6. The Morgan fingerprint density at radius 3 is 2.35 bits per heavy atom. The molecule has 2 atom stereocenters. The van der Waals surface area contributed by atoms with Crippen molar-refractivity contribution >= 4 is 0 Å². The Morgan fingerprint density at radius 2 is 1.76 bits per heavy atom. The monoisotopic (exact) mass is 237 g/mol. The maximum atomic E-state index is 2.80. The molecule has 0 bridgehead atoms. The molecule has 1 heterocycles. The van der Waals surface area contributed by atoms with Gasteiger partial charge >= 0.3 is 0 Å². The van der Waals surface area contributed by atoms with Crippen molar-refractivity contribution in [2.45, 2.75) is 72.8 Å². The van der Waals surface area contributed by atoms with E-state index < -0.39 is 0 Å². The lowest BCUT2D eigenvalue weighted by Crippen LogP contribution is -2.49. The number of hydrogen-bond acceptors (Lipinski definition) is 1. The minimum Gasteiger partial charge on any atom is -0.300 e. The molecule has 2 aliphatic rings. The summed E-state index contributed by atoms with van der Waals surface area (Å²) in [7, 11) is 0. The zero-order valence-electron chi connectivity index (χ0n) is 12.6. The van der Waals surface area contributed by atoms with Gasteiger partial charge in [-0.3, -0.25) is 4.90 Å². The van der Waals surface area contributed by atoms with E-state index in [1.54, 1.807) is 0 Å². The SMILES string of the molecule is C[C@@H]1CC[C@@H](N2CCCC(C)(C)C2)CC1(C)C. The third-order valence-electron chi connectivity index (χ3n) is 5.48. The minimum absolute atomic E-state index is 0.546. The highest BCUT2D eigenvalue weighted by Gasteiger charge is 2.38. The lowest BCUT2D eigenvalue weighted by Gasteiger charge is -2.48. The van der Waals surface area contributed by atoms with Gasteiger partial charge in [0.15, 0.2) is 0 Å². The van der Waals surface area contributed by atoms with E-state index in [1.165, 1.54) is 45.2 Å². The highest BCUT2D eigenvalue weighted by Crippen LogP contribution is 2.43. The normalized spacial score (nSPS) is 37.9. The van der Waals surface area contributed by atoms with E-state index in [2.05, 4.69) is 39.5 Å². The number of piperidine rings is 1. The van der Waals surface area contributed by atoms with Crippen molar-refractivity contribution in [3.8, 4) is 0 Å². The molecule has 2 rings (SSSR count). The Hall–Kier alpha value is -0.0400. The van der Waals surface area contributed by atoms with E-state index in [0.29, 0.717) is 10.8 Å². The lowest BCUT2D eigenvalue weighted by atomic mass is 9.67. The second kappa shape index (κ2) is 4.57. The van der Waals surface area contributed by atoms with Gasteiger partial charge in [-0.15, -0.1) is 0 Å². The van der Waals surface area contributed by atoms with Gasteiger partial charge in [0.25, 0.3) is 0 Å². The molecule has 0 aromatic carbocycles. The first-order valence-electron chi connectivity index (χ1n) is 7.54. The van der Waals surface area contributed by atoms with Crippen LogP contribution in [0.2, 0.25) is 0 Å². The number of hydrogen-bond donors (Lipinski definition) is 0. The standard InChI is InChI=1S/C16H31N/c1-13-7-8-14(11-16(13,4)5)17-10-6-9-15(2,3)12-17/h13-14H,6-12H2,1-5H3/t13-,14-/m1/s1. The first-order valence-corrected chi connectivity index (χ1v) is 7.54. The molecular formula is C16H31N. The summed E-state index contributed by atoms with van der Waals surface area (Å²) < 4.78 is 0. The maximum absolute atomic E-state index is 2.80. The predicted molar refractivity (Wildman–Crippen MR) is 75.2 cm³/mol. The molecule has 0 radical (unpaired) electrons. The third-order valence-corrected chi connectivity index (χ3v) is 5.48. The minimum atomic E-state index is 0.546. The van der Waals surface area contributed by atoms with Crippen molar-refractivity contribution in [2.24, 2.45) is 16.7 Å². The molecule has 1 saturated heterocycles. The number of likely N-dealkylation sites (tertiary alicyclic amines) is 1. The quantitative estimate of drug-likeness (QED) is 0.656. The molecule has 1 nitrogen and oxygen atoms in total. The van der Waals surface area contributed by atoms with Crippen molar-refractivity contribution < 1.29 is 0 Å². The van der Waals surface area contributed by atoms with E-state index in [9.17, 15) is 0 Å². The van der Waals surface area contributed by atoms with Gasteiger partial charge in [-0.1, -0.05) is 34.6 Å². The molecule has 0 aromatic rings. The van der Waals surface area contributed by atoms with Crippen molar-refractivity contribution in [3.63, 3.8) is 0 Å². The van der Waals surface area contributed by atoms with Crippen LogP contribution in [-0.4, -0.2) is 24.0 Å². The summed E-state index contributed by atoms with van der Waals surface area (Å²) in [5.74, 6) is 0.900. The van der Waals surface area contributed by atoms with Crippen LogP contribution in [0.1, 0.15) is 66.7 Å². The summed E-state index contributed by atoms with van der Waals surface area (Å²) >= 11 is 0. The fourth-order valence-corrected chi connectivity index (χ4v) is 3.84. The fraction of sp³-hybridized carbons (Fsp3) is 1.00. The van der Waals surface area contributed by atoms with Crippen LogP contribution in [0.4, 0.5) is 0 Å². The van der Waals surface area contributed by atoms with Crippen LogP contribution in [-0.2, 0) is 0 Å². The summed E-state index contributed by atoms with van der Waals surface area (Å²) in [6.07, 6.45) is 7.08. The van der Waals surface area contributed by atoms with Crippen LogP contribution < -0.4 is 0 Å². The van der Waals surface area contributed by atoms with Gasteiger partial charge in [0.05, 0.1) is 0 Å². The van der Waals surface area contributed by atoms with Crippen LogP contribution in [0.25, 0.3) is 0 Å². The van der Waals surface area contributed by atoms with Gasteiger partial charge in [-0.05, 0) is 55.4 Å². The highest BCUT2D eigenvalue weighted by molar-refractivity contribution is 4.91. The smallest absolute Gasteiger partial charge is 0.0101 e. The molecule has 0 aromatic heterocycles. The Bertz CT molecular complexity index is 267. The van der Waals surface area contributed by atoms with Crippen LogP contribution >= 0.6 is 0 Å². The summed E-state index contributed by atoms with van der Waals surface area (Å²) in [6, 6.07) is 0.862. The van der Waals surface area contributed by atoms with E-state index in [-0.39, 0.29) is 0 Å². The zero-order chi connectivity index (χ0) is 12.7. The Balaban J connectivity index is 1.99. The number of nitrogens with zero attached hydrogens (tertiary/aromatic N) is 1. The fourth-order valence-electron chi connectivity index (χ4n) is 3.84. The molecule has 0 N–H and O–H groups in total. The average Bonchev–Trinajstić information content (AvgIpc) is 2.20. The second-order valence-corrected chi connectivity index (χ2v) is 8.06. The molecule has 0 unspecified atom stereocenters. The van der Waals surface area contributed by atoms with Gasteiger partial charge < -0.3 is 0 Å². The molecule has 1 aliphatic carbocycles. The number of rotatable bonds is 1. The molecule has 1 aliphatic heterocycles. The first kappa shape index (κ1) is 13.4. The largest absolute Gasteiger partial charge is 0.300 e. The third kappa shape index (κ3) is 3.05. The molecule has 1 heteroatoms. The average molecular weight is 237 g/mol. The van der Waals surface area contributed by atoms with E-state index >= 15 is 0 Å². The van der Waals surface area contributed by atoms with Crippen LogP contribution in [0.15, 0.2) is 0 Å². The van der Waals surface area contributed by atoms with Gasteiger partial charge in [0.1, 0.15) is 0 Å². The molecule has 0 spiro atoms. The molecular weight excluding hydrogens is 206 g/mol. The highest BCUT2D eigenvalue weighted by atomic mass is 15.2. The van der Waals surface area contributed by atoms with Crippen LogP contribution in [0.5, 0.6) is 0 Å². The molecule has 17 heavy (non-hydrogen) atoms. The Morgan fingerprint density at radius 1 is 1.06 bits per heavy atom. The van der Waals surface area contributed by atoms with Crippen LogP contribution in [0, 0.1) is 16.7 Å². The summed E-state index contributed by atoms with van der Waals surface area (Å²) in [4.78, 5) is 2.80.